The van der Waals surface area contributed by atoms with Crippen molar-refractivity contribution in [2.24, 2.45) is 0 Å². The third-order valence-corrected chi connectivity index (χ3v) is 4.70. The van der Waals surface area contributed by atoms with Gasteiger partial charge in [0, 0.05) is 10.0 Å². The quantitative estimate of drug-likeness (QED) is 0.411. The minimum absolute atomic E-state index is 0.0415. The van der Waals surface area contributed by atoms with E-state index >= 15 is 0 Å². The molecule has 1 aromatic carbocycles. The monoisotopic (exact) mass is 423 g/mol. The molecule has 1 N–H and O–H groups in total. The second-order valence-electron chi connectivity index (χ2n) is 5.10. The number of nitriles is 1. The van der Waals surface area contributed by atoms with Crippen molar-refractivity contribution in [3.05, 3.63) is 32.5 Å². The van der Waals surface area contributed by atoms with Crippen LogP contribution in [0.5, 0.6) is 11.5 Å². The van der Waals surface area contributed by atoms with E-state index in [0.717, 1.165) is 12.8 Å². The number of rotatable bonds is 7. The van der Waals surface area contributed by atoms with Crippen LogP contribution >= 0.6 is 27.7 Å². The van der Waals surface area contributed by atoms with Crippen LogP contribution in [0.4, 0.5) is 0 Å². The summed E-state index contributed by atoms with van der Waals surface area (Å²) in [6.45, 7) is 2.67. The van der Waals surface area contributed by atoms with Gasteiger partial charge in [0.1, 0.15) is 11.6 Å². The maximum Gasteiger partial charge on any atom is 0.270 e. The maximum atomic E-state index is 12.1. The molecule has 0 atom stereocenters. The lowest BCUT2D eigenvalue weighted by Crippen LogP contribution is -2.14. The Balaban J connectivity index is 2.59. The average Bonchev–Trinajstić information content (AvgIpc) is 2.61. The highest BCUT2D eigenvalue weighted by molar-refractivity contribution is 9.10. The molecule has 0 aliphatic heterocycles. The first kappa shape index (κ1) is 19.3. The lowest BCUT2D eigenvalue weighted by molar-refractivity contribution is 0.288. The lowest BCUT2D eigenvalue weighted by atomic mass is 10.1. The van der Waals surface area contributed by atoms with Crippen LogP contribution in [0.1, 0.15) is 25.3 Å². The Morgan fingerprint density at radius 1 is 1.40 bits per heavy atom. The van der Waals surface area contributed by atoms with E-state index in [-0.39, 0.29) is 5.56 Å². The van der Waals surface area contributed by atoms with E-state index in [1.165, 1.54) is 11.8 Å². The summed E-state index contributed by atoms with van der Waals surface area (Å²) in [5.74, 6) is 1.12. The van der Waals surface area contributed by atoms with E-state index < -0.39 is 5.56 Å². The third-order valence-electron chi connectivity index (χ3n) is 3.47. The number of methoxy groups -OCH3 is 1. The molecule has 0 saturated heterocycles. The first-order valence-electron chi connectivity index (χ1n) is 7.64. The number of H-pyrrole nitrogens is 1. The first-order valence-corrected chi connectivity index (χ1v) is 9.66. The van der Waals surface area contributed by atoms with Gasteiger partial charge in [-0.15, -0.1) is 0 Å². The van der Waals surface area contributed by atoms with Crippen molar-refractivity contribution >= 4 is 27.7 Å². The molecule has 1 aromatic heterocycles. The second-order valence-corrected chi connectivity index (χ2v) is 6.74. The number of aromatic nitrogens is 2. The number of nitrogens with zero attached hydrogens (tertiary/aromatic N) is 2. The molecule has 0 aliphatic rings. The normalized spacial score (nSPS) is 10.4. The molecule has 0 amide bonds. The number of benzene rings is 1. The number of hydrogen-bond donors (Lipinski definition) is 1. The minimum Gasteiger partial charge on any atom is -0.493 e. The summed E-state index contributed by atoms with van der Waals surface area (Å²) in [5.41, 5.74) is 0.393. The summed E-state index contributed by atoms with van der Waals surface area (Å²) < 4.78 is 11.8. The smallest absolute Gasteiger partial charge is 0.270 e. The summed E-state index contributed by atoms with van der Waals surface area (Å²) in [4.78, 5) is 19.1. The highest BCUT2D eigenvalue weighted by Crippen LogP contribution is 2.39. The summed E-state index contributed by atoms with van der Waals surface area (Å²) in [5, 5.41) is 9.79. The van der Waals surface area contributed by atoms with Crippen LogP contribution in [0.25, 0.3) is 11.3 Å². The van der Waals surface area contributed by atoms with Gasteiger partial charge in [0.25, 0.3) is 5.56 Å². The van der Waals surface area contributed by atoms with E-state index in [9.17, 15) is 10.1 Å². The van der Waals surface area contributed by atoms with E-state index in [1.807, 2.05) is 6.07 Å². The molecule has 2 aromatic rings. The van der Waals surface area contributed by atoms with Crippen LogP contribution in [0.2, 0.25) is 0 Å². The fourth-order valence-corrected chi connectivity index (χ4v) is 3.05. The zero-order valence-corrected chi connectivity index (χ0v) is 16.6. The number of nitrogens with one attached hydrogen (secondary N) is 1. The van der Waals surface area contributed by atoms with Crippen LogP contribution in [-0.2, 0) is 0 Å². The summed E-state index contributed by atoms with van der Waals surface area (Å²) >= 11 is 4.78. The number of unbranched alkanes of at least 4 members (excludes halogenated alkanes) is 1. The fourth-order valence-electron chi connectivity index (χ4n) is 2.16. The molecule has 0 aliphatic carbocycles. The zero-order chi connectivity index (χ0) is 18.4. The predicted octanol–water partition coefficient (Wildman–Crippen LogP) is 3.98. The Hall–Kier alpha value is -1.98. The van der Waals surface area contributed by atoms with Crippen molar-refractivity contribution in [3.8, 4) is 28.8 Å². The molecule has 0 fully saturated rings. The van der Waals surface area contributed by atoms with E-state index in [4.69, 9.17) is 9.47 Å². The van der Waals surface area contributed by atoms with Crippen molar-refractivity contribution in [3.63, 3.8) is 0 Å². The van der Waals surface area contributed by atoms with Crippen molar-refractivity contribution in [1.29, 1.82) is 5.26 Å². The summed E-state index contributed by atoms with van der Waals surface area (Å²) in [7, 11) is 1.55. The summed E-state index contributed by atoms with van der Waals surface area (Å²) in [6.07, 6.45) is 3.77. The van der Waals surface area contributed by atoms with Gasteiger partial charge < -0.3 is 14.5 Å². The number of thioether (sulfide) groups is 1. The Labute approximate surface area is 158 Å². The highest BCUT2D eigenvalue weighted by atomic mass is 79.9. The Bertz CT molecular complexity index is 861. The molecule has 2 rings (SSSR count). The molecule has 0 saturated carbocycles. The number of ether oxygens (including phenoxy) is 2. The molecule has 0 unspecified atom stereocenters. The number of halogens is 1. The van der Waals surface area contributed by atoms with Gasteiger partial charge in [0.15, 0.2) is 16.7 Å². The number of aromatic amines is 1. The van der Waals surface area contributed by atoms with Crippen LogP contribution in [0.3, 0.4) is 0 Å². The van der Waals surface area contributed by atoms with Gasteiger partial charge in [0.2, 0.25) is 0 Å². The van der Waals surface area contributed by atoms with E-state index in [2.05, 4.69) is 32.8 Å². The van der Waals surface area contributed by atoms with Crippen LogP contribution in [-0.4, -0.2) is 29.9 Å². The van der Waals surface area contributed by atoms with Gasteiger partial charge in [-0.2, -0.15) is 5.26 Å². The maximum absolute atomic E-state index is 12.1. The van der Waals surface area contributed by atoms with E-state index in [1.54, 1.807) is 25.5 Å². The molecular formula is C17H18BrN3O3S. The van der Waals surface area contributed by atoms with Gasteiger partial charge in [-0.3, -0.25) is 4.79 Å². The van der Waals surface area contributed by atoms with Crippen molar-refractivity contribution < 1.29 is 9.47 Å². The Kier molecular flexibility index (Phi) is 6.91. The van der Waals surface area contributed by atoms with Gasteiger partial charge in [-0.25, -0.2) is 4.98 Å². The van der Waals surface area contributed by atoms with Crippen LogP contribution in [0.15, 0.2) is 26.6 Å². The third kappa shape index (κ3) is 4.35. The molecule has 8 heteroatoms. The molecule has 0 radical (unpaired) electrons. The van der Waals surface area contributed by atoms with Crippen LogP contribution in [0, 0.1) is 11.3 Å². The van der Waals surface area contributed by atoms with Gasteiger partial charge in [-0.05, 0) is 40.7 Å². The van der Waals surface area contributed by atoms with Crippen molar-refractivity contribution in [2.75, 3.05) is 20.0 Å². The summed E-state index contributed by atoms with van der Waals surface area (Å²) in [6, 6.07) is 5.42. The standard InChI is InChI=1S/C17H18BrN3O3S/c1-4-5-6-24-14-8-12(18)10(7-13(14)23-2)15-11(9-19)16(22)21-17(20-15)25-3/h7-8H,4-6H2,1-3H3,(H,20,21,22). The molecular weight excluding hydrogens is 406 g/mol. The molecule has 0 bridgehead atoms. The fraction of sp³-hybridized carbons (Fsp3) is 0.353. The molecule has 1 heterocycles. The lowest BCUT2D eigenvalue weighted by Gasteiger charge is -2.14. The largest absolute Gasteiger partial charge is 0.493 e. The number of hydrogen-bond acceptors (Lipinski definition) is 6. The topological polar surface area (TPSA) is 88.0 Å². The minimum atomic E-state index is -0.467. The van der Waals surface area contributed by atoms with Gasteiger partial charge >= 0.3 is 0 Å². The zero-order valence-electron chi connectivity index (χ0n) is 14.2. The van der Waals surface area contributed by atoms with Crippen molar-refractivity contribution in [2.45, 2.75) is 24.9 Å². The molecule has 25 heavy (non-hydrogen) atoms. The average molecular weight is 424 g/mol. The van der Waals surface area contributed by atoms with Crippen molar-refractivity contribution in [1.82, 2.24) is 9.97 Å². The molecule has 132 valence electrons. The van der Waals surface area contributed by atoms with Crippen LogP contribution < -0.4 is 15.0 Å². The SMILES string of the molecule is CCCCOc1cc(Br)c(-c2nc(SC)[nH]c(=O)c2C#N)cc1OC. The Morgan fingerprint density at radius 2 is 2.16 bits per heavy atom. The van der Waals surface area contributed by atoms with Gasteiger partial charge in [-0.1, -0.05) is 25.1 Å². The molecule has 6 nitrogen and oxygen atoms in total. The predicted molar refractivity (Wildman–Crippen MR) is 101 cm³/mol. The highest BCUT2D eigenvalue weighted by Gasteiger charge is 2.19. The first-order chi connectivity index (χ1) is 12.0. The molecule has 0 spiro atoms. The second kappa shape index (κ2) is 8.92. The van der Waals surface area contributed by atoms with E-state index in [0.29, 0.717) is 39.0 Å². The van der Waals surface area contributed by atoms with Gasteiger partial charge in [0.05, 0.1) is 19.4 Å². The Morgan fingerprint density at radius 3 is 2.76 bits per heavy atom.